The van der Waals surface area contributed by atoms with Crippen molar-refractivity contribution in [1.82, 2.24) is 0 Å². The SMILES string of the molecule is CC(CCC(=O)OCOCC1CCC(COCOC(=O)CCC(C)C2CCC3C4CCC5CC(O)CCC5(C)C4CCC23C)CC1)C1CCC2C3CCC4CC(O)CCC4(C)C3CCC12C. The number of hydrogen-bond donors (Lipinski definition) is 2. The predicted octanol–water partition coefficient (Wildman–Crippen LogP) is 12.7. The predicted molar refractivity (Wildman–Crippen MR) is 259 cm³/mol. The molecule has 9 aliphatic carbocycles. The number of aliphatic hydroxyl groups is 2. The molecule has 8 heteroatoms. The minimum atomic E-state index is -0.125. The fraction of sp³-hybridized carbons (Fsp3) is 0.966. The number of carbonyl (C=O) groups is 2. The Hall–Kier alpha value is -1.22. The molecule has 0 spiro atoms. The Morgan fingerprint density at radius 1 is 0.485 bits per heavy atom. The van der Waals surface area contributed by atoms with Gasteiger partial charge in [0.1, 0.15) is 0 Å². The summed E-state index contributed by atoms with van der Waals surface area (Å²) in [6.07, 6.45) is 29.4. The highest BCUT2D eigenvalue weighted by atomic mass is 16.7. The molecule has 0 aromatic rings. The molecule has 2 N–H and O–H groups in total. The van der Waals surface area contributed by atoms with E-state index in [-0.39, 0.29) is 37.7 Å². The van der Waals surface area contributed by atoms with Crippen LogP contribution in [0.4, 0.5) is 0 Å². The normalized spacial score (nSPS) is 47.2. The van der Waals surface area contributed by atoms with Crippen molar-refractivity contribution in [1.29, 1.82) is 0 Å². The lowest BCUT2D eigenvalue weighted by Gasteiger charge is -2.61. The molecule has 9 aliphatic rings. The molecule has 66 heavy (non-hydrogen) atoms. The van der Waals surface area contributed by atoms with Gasteiger partial charge in [0.25, 0.3) is 0 Å². The van der Waals surface area contributed by atoms with E-state index in [4.69, 9.17) is 18.9 Å². The lowest BCUT2D eigenvalue weighted by atomic mass is 9.44. The van der Waals surface area contributed by atoms with Crippen molar-refractivity contribution < 1.29 is 38.7 Å². The highest BCUT2D eigenvalue weighted by Gasteiger charge is 2.62. The smallest absolute Gasteiger partial charge is 0.307 e. The standard InChI is InChI=1S/C58H96O8/c1-37(47-17-19-49-45-15-13-41-31-43(59)23-27-55(41,3)51(45)25-29-57(47,49)5)7-21-53(61)65-35-63-33-39-9-11-40(12-10-39)34-64-36-66-54(62)22-8-38(2)48-18-20-50-46-16-14-42-32-44(60)24-28-56(42,4)52(46)26-30-58(48,50)6/h37-52,59-60H,7-36H2,1-6H3. The maximum atomic E-state index is 12.9. The zero-order valence-electron chi connectivity index (χ0n) is 42.8. The summed E-state index contributed by atoms with van der Waals surface area (Å²) in [6.45, 7) is 16.5. The number of fused-ring (bicyclic) bond motifs is 10. The van der Waals surface area contributed by atoms with E-state index >= 15 is 0 Å². The lowest BCUT2D eigenvalue weighted by Crippen LogP contribution is -2.54. The van der Waals surface area contributed by atoms with Crippen LogP contribution in [-0.4, -0.2) is 61.2 Å². The van der Waals surface area contributed by atoms with Crippen molar-refractivity contribution in [3.8, 4) is 0 Å². The van der Waals surface area contributed by atoms with Crippen LogP contribution < -0.4 is 0 Å². The number of ether oxygens (including phenoxy) is 4. The molecular formula is C58H96O8. The third-order valence-electron chi connectivity index (χ3n) is 23.7. The average Bonchev–Trinajstić information content (AvgIpc) is 3.85. The van der Waals surface area contributed by atoms with Crippen molar-refractivity contribution in [2.75, 3.05) is 26.8 Å². The van der Waals surface area contributed by atoms with Crippen LogP contribution in [0.5, 0.6) is 0 Å². The van der Waals surface area contributed by atoms with Gasteiger partial charge in [-0.25, -0.2) is 0 Å². The van der Waals surface area contributed by atoms with Gasteiger partial charge in [-0.3, -0.25) is 9.59 Å². The van der Waals surface area contributed by atoms with E-state index < -0.39 is 0 Å². The van der Waals surface area contributed by atoms with E-state index in [0.717, 1.165) is 99.7 Å². The fourth-order valence-electron chi connectivity index (χ4n) is 19.9. The number of esters is 2. The van der Waals surface area contributed by atoms with Gasteiger partial charge in [0.2, 0.25) is 0 Å². The van der Waals surface area contributed by atoms with Gasteiger partial charge in [0, 0.05) is 12.8 Å². The summed E-state index contributed by atoms with van der Waals surface area (Å²) >= 11 is 0. The van der Waals surface area contributed by atoms with Crippen LogP contribution in [0.2, 0.25) is 0 Å². The summed E-state index contributed by atoms with van der Waals surface area (Å²) < 4.78 is 23.0. The Morgan fingerprint density at radius 2 is 0.864 bits per heavy atom. The van der Waals surface area contributed by atoms with Crippen molar-refractivity contribution in [3.05, 3.63) is 0 Å². The third-order valence-corrected chi connectivity index (χ3v) is 23.7. The second kappa shape index (κ2) is 20.5. The van der Waals surface area contributed by atoms with Crippen molar-refractivity contribution >= 4 is 11.9 Å². The van der Waals surface area contributed by atoms with Crippen LogP contribution in [0.1, 0.15) is 208 Å². The second-order valence-electron chi connectivity index (χ2n) is 26.6. The molecule has 0 bridgehead atoms. The van der Waals surface area contributed by atoms with Gasteiger partial charge in [-0.05, 0) is 259 Å². The number of rotatable bonds is 16. The van der Waals surface area contributed by atoms with Gasteiger partial charge in [-0.1, -0.05) is 41.5 Å². The molecule has 0 aromatic carbocycles. The minimum absolute atomic E-state index is 0.0533. The molecule has 9 rings (SSSR count). The van der Waals surface area contributed by atoms with Gasteiger partial charge in [0.05, 0.1) is 25.4 Å². The molecule has 376 valence electrons. The molecule has 0 aliphatic heterocycles. The highest BCUT2D eigenvalue weighted by molar-refractivity contribution is 5.69. The van der Waals surface area contributed by atoms with Crippen LogP contribution in [0.15, 0.2) is 0 Å². The minimum Gasteiger partial charge on any atom is -0.438 e. The number of hydrogen-bond acceptors (Lipinski definition) is 8. The Morgan fingerprint density at radius 3 is 1.27 bits per heavy atom. The molecule has 0 saturated heterocycles. The van der Waals surface area contributed by atoms with Gasteiger partial charge < -0.3 is 29.2 Å². The van der Waals surface area contributed by atoms with E-state index in [2.05, 4.69) is 41.5 Å². The summed E-state index contributed by atoms with van der Waals surface area (Å²) in [5, 5.41) is 20.9. The molecule has 8 nitrogen and oxygen atoms in total. The molecule has 0 heterocycles. The molecule has 0 aromatic heterocycles. The first-order valence-electron chi connectivity index (χ1n) is 28.4. The molecule has 18 atom stereocenters. The van der Waals surface area contributed by atoms with E-state index in [9.17, 15) is 19.8 Å². The Balaban J connectivity index is 0.603. The quantitative estimate of drug-likeness (QED) is 0.0894. The van der Waals surface area contributed by atoms with Crippen molar-refractivity contribution in [2.24, 2.45) is 105 Å². The Bertz CT molecular complexity index is 1530. The first-order valence-corrected chi connectivity index (χ1v) is 28.4. The van der Waals surface area contributed by atoms with Gasteiger partial charge in [0.15, 0.2) is 13.6 Å². The van der Waals surface area contributed by atoms with Gasteiger partial charge >= 0.3 is 11.9 Å². The summed E-state index contributed by atoms with van der Waals surface area (Å²) in [6, 6.07) is 0. The van der Waals surface area contributed by atoms with E-state index in [1.807, 2.05) is 0 Å². The zero-order chi connectivity index (χ0) is 46.4. The Kier molecular flexibility index (Phi) is 15.4. The highest BCUT2D eigenvalue weighted by Crippen LogP contribution is 2.70. The molecular weight excluding hydrogens is 825 g/mol. The first kappa shape index (κ1) is 49.7. The number of carbonyl (C=O) groups excluding carboxylic acids is 2. The first-order chi connectivity index (χ1) is 31.6. The zero-order valence-corrected chi connectivity index (χ0v) is 42.8. The third kappa shape index (κ3) is 9.75. The molecule has 0 radical (unpaired) electrons. The van der Waals surface area contributed by atoms with Gasteiger partial charge in [-0.15, -0.1) is 0 Å². The summed E-state index contributed by atoms with van der Waals surface area (Å²) in [5.41, 5.74) is 1.62. The summed E-state index contributed by atoms with van der Waals surface area (Å²) in [7, 11) is 0. The van der Waals surface area contributed by atoms with E-state index in [0.29, 0.717) is 95.1 Å². The van der Waals surface area contributed by atoms with Crippen LogP contribution in [0, 0.1) is 105 Å². The fourth-order valence-corrected chi connectivity index (χ4v) is 19.9. The van der Waals surface area contributed by atoms with Crippen LogP contribution in [-0.2, 0) is 28.5 Å². The maximum absolute atomic E-state index is 12.9. The average molecular weight is 921 g/mol. The topological polar surface area (TPSA) is 112 Å². The lowest BCUT2D eigenvalue weighted by molar-refractivity contribution is -0.160. The molecule has 0 amide bonds. The Labute approximate surface area is 401 Å². The van der Waals surface area contributed by atoms with Crippen LogP contribution in [0.3, 0.4) is 0 Å². The monoisotopic (exact) mass is 921 g/mol. The van der Waals surface area contributed by atoms with Crippen molar-refractivity contribution in [3.63, 3.8) is 0 Å². The second-order valence-corrected chi connectivity index (χ2v) is 26.6. The van der Waals surface area contributed by atoms with E-state index in [1.54, 1.807) is 0 Å². The van der Waals surface area contributed by atoms with Gasteiger partial charge in [-0.2, -0.15) is 0 Å². The van der Waals surface area contributed by atoms with E-state index in [1.165, 1.54) is 89.9 Å². The molecule has 9 saturated carbocycles. The van der Waals surface area contributed by atoms with Crippen LogP contribution >= 0.6 is 0 Å². The summed E-state index contributed by atoms with van der Waals surface area (Å²) in [4.78, 5) is 25.7. The summed E-state index contributed by atoms with van der Waals surface area (Å²) in [5.74, 6) is 9.53. The molecule has 18 unspecified atom stereocenters. The van der Waals surface area contributed by atoms with Crippen LogP contribution in [0.25, 0.3) is 0 Å². The van der Waals surface area contributed by atoms with Crippen molar-refractivity contribution in [2.45, 2.75) is 221 Å². The molecule has 9 fully saturated rings. The largest absolute Gasteiger partial charge is 0.438 e. The number of aliphatic hydroxyl groups excluding tert-OH is 2. The maximum Gasteiger partial charge on any atom is 0.307 e.